The first-order valence-corrected chi connectivity index (χ1v) is 8.46. The number of amides is 1. The summed E-state index contributed by atoms with van der Waals surface area (Å²) in [5.41, 5.74) is 1.10. The molecule has 1 amide bonds. The molecule has 7 heteroatoms. The lowest BCUT2D eigenvalue weighted by atomic mass is 9.88. The molecule has 1 N–H and O–H groups in total. The summed E-state index contributed by atoms with van der Waals surface area (Å²) in [6.07, 6.45) is -0.491. The quantitative estimate of drug-likeness (QED) is 0.555. The van der Waals surface area contributed by atoms with E-state index in [1.54, 1.807) is 7.11 Å². The molecule has 0 aromatic heterocycles. The highest BCUT2D eigenvalue weighted by atomic mass is 19.4. The zero-order valence-corrected chi connectivity index (χ0v) is 15.5. The van der Waals surface area contributed by atoms with E-state index >= 15 is 0 Å². The lowest BCUT2D eigenvalue weighted by Gasteiger charge is -2.43. The highest BCUT2D eigenvalue weighted by molar-refractivity contribution is 5.81. The summed E-state index contributed by atoms with van der Waals surface area (Å²) in [5, 5.41) is 1.99. The van der Waals surface area contributed by atoms with Crippen LogP contribution in [0.1, 0.15) is 40.0 Å². The van der Waals surface area contributed by atoms with Crippen molar-refractivity contribution < 1.29 is 22.7 Å². The summed E-state index contributed by atoms with van der Waals surface area (Å²) in [4.78, 5) is 13.2. The van der Waals surface area contributed by atoms with Crippen molar-refractivity contribution in [1.82, 2.24) is 10.2 Å². The smallest absolute Gasteiger partial charge is 0.471 e. The van der Waals surface area contributed by atoms with Crippen molar-refractivity contribution in [1.29, 1.82) is 0 Å². The SMILES string of the molecule is C=C(/C=C(\C)CC(C)(C)N1CCC(CNC(=O)C(F)(F)F)CC1)OC. The number of rotatable bonds is 7. The number of ether oxygens (including phenoxy) is 1. The highest BCUT2D eigenvalue weighted by Gasteiger charge is 2.39. The summed E-state index contributed by atoms with van der Waals surface area (Å²) in [6.45, 7) is 11.8. The van der Waals surface area contributed by atoms with Crippen molar-refractivity contribution in [3.05, 3.63) is 24.0 Å². The number of alkyl halides is 3. The monoisotopic (exact) mass is 362 g/mol. The Morgan fingerprint density at radius 3 is 2.36 bits per heavy atom. The fourth-order valence-electron chi connectivity index (χ4n) is 3.26. The topological polar surface area (TPSA) is 41.6 Å². The Balaban J connectivity index is 2.48. The number of methoxy groups -OCH3 is 1. The van der Waals surface area contributed by atoms with Gasteiger partial charge in [-0.05, 0) is 65.1 Å². The molecule has 0 spiro atoms. The van der Waals surface area contributed by atoms with E-state index in [4.69, 9.17) is 4.74 Å². The Hall–Kier alpha value is -1.50. The van der Waals surface area contributed by atoms with Crippen molar-refractivity contribution in [2.45, 2.75) is 51.7 Å². The molecule has 1 saturated heterocycles. The average Bonchev–Trinajstić information content (AvgIpc) is 2.51. The van der Waals surface area contributed by atoms with Gasteiger partial charge in [-0.3, -0.25) is 9.69 Å². The fourth-order valence-corrected chi connectivity index (χ4v) is 3.26. The number of likely N-dealkylation sites (tertiary alicyclic amines) is 1. The molecule has 0 atom stereocenters. The minimum absolute atomic E-state index is 0.0607. The van der Waals surface area contributed by atoms with Crippen LogP contribution < -0.4 is 5.32 Å². The van der Waals surface area contributed by atoms with Gasteiger partial charge < -0.3 is 10.1 Å². The molecule has 1 fully saturated rings. The van der Waals surface area contributed by atoms with E-state index in [1.807, 2.05) is 18.3 Å². The first kappa shape index (κ1) is 21.5. The van der Waals surface area contributed by atoms with Crippen molar-refractivity contribution in [2.75, 3.05) is 26.7 Å². The number of halogens is 3. The van der Waals surface area contributed by atoms with Crippen LogP contribution in [0.2, 0.25) is 0 Å². The largest absolute Gasteiger partial charge is 0.497 e. The van der Waals surface area contributed by atoms with Crippen molar-refractivity contribution >= 4 is 5.91 Å². The Bertz CT molecular complexity index is 505. The van der Waals surface area contributed by atoms with Gasteiger partial charge in [0.15, 0.2) is 0 Å². The van der Waals surface area contributed by atoms with Crippen LogP contribution in [0.4, 0.5) is 13.2 Å². The van der Waals surface area contributed by atoms with Gasteiger partial charge in [-0.25, -0.2) is 0 Å². The van der Waals surface area contributed by atoms with E-state index in [2.05, 4.69) is 25.3 Å². The van der Waals surface area contributed by atoms with Gasteiger partial charge in [-0.15, -0.1) is 0 Å². The molecule has 4 nitrogen and oxygen atoms in total. The van der Waals surface area contributed by atoms with Gasteiger partial charge in [-0.2, -0.15) is 13.2 Å². The number of hydrogen-bond donors (Lipinski definition) is 1. The van der Waals surface area contributed by atoms with E-state index < -0.39 is 12.1 Å². The van der Waals surface area contributed by atoms with Gasteiger partial charge in [0.25, 0.3) is 0 Å². The van der Waals surface area contributed by atoms with E-state index in [9.17, 15) is 18.0 Å². The zero-order chi connectivity index (χ0) is 19.3. The molecule has 0 aromatic rings. The maximum atomic E-state index is 12.2. The summed E-state index contributed by atoms with van der Waals surface area (Å²) >= 11 is 0. The second kappa shape index (κ2) is 8.74. The predicted molar refractivity (Wildman–Crippen MR) is 92.0 cm³/mol. The number of carbonyl (C=O) groups is 1. The van der Waals surface area contributed by atoms with Gasteiger partial charge >= 0.3 is 12.1 Å². The van der Waals surface area contributed by atoms with E-state index in [0.29, 0.717) is 5.76 Å². The molecular weight excluding hydrogens is 333 g/mol. The molecule has 0 aliphatic carbocycles. The molecular formula is C18H29F3N2O2. The Labute approximate surface area is 148 Å². The summed E-state index contributed by atoms with van der Waals surface area (Å²) in [7, 11) is 1.58. The maximum Gasteiger partial charge on any atom is 0.471 e. The molecule has 0 unspecified atom stereocenters. The van der Waals surface area contributed by atoms with Crippen LogP contribution in [0.15, 0.2) is 24.0 Å². The molecule has 0 aromatic carbocycles. The fraction of sp³-hybridized carbons (Fsp3) is 0.722. The lowest BCUT2D eigenvalue weighted by molar-refractivity contribution is -0.173. The number of carbonyl (C=O) groups excluding carboxylic acids is 1. The van der Waals surface area contributed by atoms with Crippen molar-refractivity contribution in [3.63, 3.8) is 0 Å². The number of piperidine rings is 1. The predicted octanol–water partition coefficient (Wildman–Crippen LogP) is 3.65. The Morgan fingerprint density at radius 2 is 1.88 bits per heavy atom. The van der Waals surface area contributed by atoms with Crippen LogP contribution in [0, 0.1) is 5.92 Å². The number of hydrogen-bond acceptors (Lipinski definition) is 3. The zero-order valence-electron chi connectivity index (χ0n) is 15.5. The van der Waals surface area contributed by atoms with Gasteiger partial charge in [0.1, 0.15) is 5.76 Å². The third-order valence-corrected chi connectivity index (χ3v) is 4.66. The van der Waals surface area contributed by atoms with Crippen molar-refractivity contribution in [3.8, 4) is 0 Å². The van der Waals surface area contributed by atoms with Gasteiger partial charge in [0.05, 0.1) is 7.11 Å². The van der Waals surface area contributed by atoms with Crippen molar-refractivity contribution in [2.24, 2.45) is 5.92 Å². The highest BCUT2D eigenvalue weighted by Crippen LogP contribution is 2.29. The molecule has 0 bridgehead atoms. The van der Waals surface area contributed by atoms with E-state index in [0.717, 1.165) is 37.9 Å². The first-order chi connectivity index (χ1) is 11.5. The van der Waals surface area contributed by atoms with Gasteiger partial charge in [0.2, 0.25) is 0 Å². The third-order valence-electron chi connectivity index (χ3n) is 4.66. The van der Waals surface area contributed by atoms with Crippen LogP contribution >= 0.6 is 0 Å². The minimum atomic E-state index is -4.81. The van der Waals surface area contributed by atoms with Gasteiger partial charge in [-0.1, -0.05) is 12.2 Å². The van der Waals surface area contributed by atoms with E-state index in [1.165, 1.54) is 0 Å². The van der Waals surface area contributed by atoms with Crippen LogP contribution in [-0.4, -0.2) is 49.3 Å². The average molecular weight is 362 g/mol. The molecule has 0 radical (unpaired) electrons. The molecule has 1 aliphatic rings. The molecule has 144 valence electrons. The second-order valence-electron chi connectivity index (χ2n) is 7.29. The number of nitrogens with zero attached hydrogens (tertiary/aromatic N) is 1. The molecule has 1 rings (SSSR count). The Morgan fingerprint density at radius 1 is 1.32 bits per heavy atom. The molecule has 0 saturated carbocycles. The van der Waals surface area contributed by atoms with E-state index in [-0.39, 0.29) is 18.0 Å². The van der Waals surface area contributed by atoms with Crippen LogP contribution in [-0.2, 0) is 9.53 Å². The Kier molecular flexibility index (Phi) is 7.53. The number of nitrogens with one attached hydrogen (secondary N) is 1. The molecule has 25 heavy (non-hydrogen) atoms. The third kappa shape index (κ3) is 7.10. The maximum absolute atomic E-state index is 12.2. The molecule has 1 heterocycles. The van der Waals surface area contributed by atoms with Gasteiger partial charge in [0, 0.05) is 12.1 Å². The lowest BCUT2D eigenvalue weighted by Crippen LogP contribution is -2.50. The van der Waals surface area contributed by atoms with Crippen LogP contribution in [0.3, 0.4) is 0 Å². The number of allylic oxidation sites excluding steroid dienone is 1. The minimum Gasteiger partial charge on any atom is -0.497 e. The standard InChI is InChI=1S/C18H29F3N2O2/c1-13(10-14(2)25-5)11-17(3,4)23-8-6-15(7-9-23)12-22-16(24)18(19,20)21/h10,15H,2,6-9,11-12H2,1,3-5H3,(H,22,24)/b13-10+. The summed E-state index contributed by atoms with van der Waals surface area (Å²) in [5.74, 6) is -1.15. The van der Waals surface area contributed by atoms with Crippen LogP contribution in [0.5, 0.6) is 0 Å². The first-order valence-electron chi connectivity index (χ1n) is 8.46. The normalized spacial score (nSPS) is 18.1. The summed E-state index contributed by atoms with van der Waals surface area (Å²) < 4.78 is 41.7. The second-order valence-corrected chi connectivity index (χ2v) is 7.29. The summed E-state index contributed by atoms with van der Waals surface area (Å²) in [6, 6.07) is 0. The molecule has 1 aliphatic heterocycles. The van der Waals surface area contributed by atoms with Crippen LogP contribution in [0.25, 0.3) is 0 Å².